The summed E-state index contributed by atoms with van der Waals surface area (Å²) in [6, 6.07) is 7.04. The second-order valence-corrected chi connectivity index (χ2v) is 5.06. The van der Waals surface area contributed by atoms with E-state index < -0.39 is 0 Å². The molecular formula is C13H10Cl2N4O. The summed E-state index contributed by atoms with van der Waals surface area (Å²) < 4.78 is 6.75. The Labute approximate surface area is 124 Å². The SMILES string of the molecule is Cn1ccc(-c2noc(N)c2-c2c(Cl)cccc2Cl)n1. The van der Waals surface area contributed by atoms with Crippen LogP contribution < -0.4 is 5.73 Å². The smallest absolute Gasteiger partial charge is 0.230 e. The second kappa shape index (κ2) is 4.85. The molecule has 0 aliphatic rings. The molecule has 20 heavy (non-hydrogen) atoms. The average Bonchev–Trinajstić information content (AvgIpc) is 2.97. The predicted octanol–water partition coefficient (Wildman–Crippen LogP) is 3.63. The molecule has 2 N–H and O–H groups in total. The van der Waals surface area contributed by atoms with Crippen LogP contribution >= 0.6 is 23.2 Å². The lowest BCUT2D eigenvalue weighted by Crippen LogP contribution is -1.92. The summed E-state index contributed by atoms with van der Waals surface area (Å²) in [5, 5.41) is 9.21. The van der Waals surface area contributed by atoms with Crippen molar-refractivity contribution in [3.8, 4) is 22.5 Å². The minimum absolute atomic E-state index is 0.153. The van der Waals surface area contributed by atoms with Crippen molar-refractivity contribution in [1.29, 1.82) is 0 Å². The number of nitrogens with two attached hydrogens (primary N) is 1. The van der Waals surface area contributed by atoms with E-state index in [1.54, 1.807) is 29.1 Å². The number of aryl methyl sites for hydroxylation is 1. The topological polar surface area (TPSA) is 69.9 Å². The van der Waals surface area contributed by atoms with Gasteiger partial charge in [-0.05, 0) is 18.2 Å². The Balaban J connectivity index is 2.27. The fourth-order valence-corrected chi connectivity index (χ4v) is 2.58. The fraction of sp³-hybridized carbons (Fsp3) is 0.0769. The van der Waals surface area contributed by atoms with Crippen LogP contribution in [0.2, 0.25) is 10.0 Å². The van der Waals surface area contributed by atoms with Gasteiger partial charge in [-0.25, -0.2) is 0 Å². The van der Waals surface area contributed by atoms with Gasteiger partial charge >= 0.3 is 0 Å². The van der Waals surface area contributed by atoms with Gasteiger partial charge in [-0.2, -0.15) is 5.10 Å². The number of benzene rings is 1. The van der Waals surface area contributed by atoms with E-state index in [4.69, 9.17) is 33.5 Å². The minimum atomic E-state index is 0.153. The third-order valence-electron chi connectivity index (χ3n) is 2.89. The Morgan fingerprint density at radius 1 is 1.15 bits per heavy atom. The molecule has 0 atom stereocenters. The highest BCUT2D eigenvalue weighted by Crippen LogP contribution is 2.42. The first-order valence-corrected chi connectivity index (χ1v) is 6.53. The summed E-state index contributed by atoms with van der Waals surface area (Å²) in [5.41, 5.74) is 8.17. The maximum atomic E-state index is 6.22. The summed E-state index contributed by atoms with van der Waals surface area (Å²) in [6.07, 6.45) is 1.80. The largest absolute Gasteiger partial charge is 0.367 e. The second-order valence-electron chi connectivity index (χ2n) is 4.24. The van der Waals surface area contributed by atoms with Crippen LogP contribution in [-0.2, 0) is 7.05 Å². The molecule has 0 bridgehead atoms. The van der Waals surface area contributed by atoms with Gasteiger partial charge in [-0.1, -0.05) is 34.4 Å². The van der Waals surface area contributed by atoms with Crippen molar-refractivity contribution < 1.29 is 4.52 Å². The van der Waals surface area contributed by atoms with E-state index in [1.807, 2.05) is 13.1 Å². The molecule has 5 nitrogen and oxygen atoms in total. The third-order valence-corrected chi connectivity index (χ3v) is 3.52. The Morgan fingerprint density at radius 2 is 1.85 bits per heavy atom. The van der Waals surface area contributed by atoms with E-state index in [-0.39, 0.29) is 5.88 Å². The predicted molar refractivity (Wildman–Crippen MR) is 78.6 cm³/mol. The molecule has 0 amide bonds. The summed E-state index contributed by atoms with van der Waals surface area (Å²) >= 11 is 12.4. The van der Waals surface area contributed by atoms with Crippen LogP contribution in [0.25, 0.3) is 22.5 Å². The van der Waals surface area contributed by atoms with Crippen molar-refractivity contribution in [3.63, 3.8) is 0 Å². The molecule has 3 rings (SSSR count). The first kappa shape index (κ1) is 13.0. The van der Waals surface area contributed by atoms with Gasteiger partial charge in [0.1, 0.15) is 11.4 Å². The van der Waals surface area contributed by atoms with E-state index in [9.17, 15) is 0 Å². The third kappa shape index (κ3) is 2.05. The summed E-state index contributed by atoms with van der Waals surface area (Å²) in [5.74, 6) is 0.153. The monoisotopic (exact) mass is 308 g/mol. The number of rotatable bonds is 2. The number of halogens is 2. The van der Waals surface area contributed by atoms with Crippen molar-refractivity contribution in [3.05, 3.63) is 40.5 Å². The van der Waals surface area contributed by atoms with Gasteiger partial charge in [0.05, 0.1) is 15.6 Å². The van der Waals surface area contributed by atoms with Crippen LogP contribution in [0.1, 0.15) is 0 Å². The van der Waals surface area contributed by atoms with Crippen LogP contribution in [0.4, 0.5) is 5.88 Å². The highest BCUT2D eigenvalue weighted by molar-refractivity contribution is 6.39. The van der Waals surface area contributed by atoms with Crippen LogP contribution in [0, 0.1) is 0 Å². The lowest BCUT2D eigenvalue weighted by Gasteiger charge is -2.06. The molecule has 7 heteroatoms. The molecule has 0 saturated carbocycles. The number of anilines is 1. The molecular weight excluding hydrogens is 299 g/mol. The van der Waals surface area contributed by atoms with Crippen LogP contribution in [-0.4, -0.2) is 14.9 Å². The maximum absolute atomic E-state index is 6.22. The molecule has 0 aliphatic heterocycles. The van der Waals surface area contributed by atoms with Crippen LogP contribution in [0.15, 0.2) is 35.0 Å². The van der Waals surface area contributed by atoms with E-state index in [2.05, 4.69) is 10.3 Å². The lowest BCUT2D eigenvalue weighted by molar-refractivity contribution is 0.439. The molecule has 0 spiro atoms. The average molecular weight is 309 g/mol. The zero-order chi connectivity index (χ0) is 14.3. The molecule has 2 heterocycles. The molecule has 0 fully saturated rings. The number of nitrogen functional groups attached to an aromatic ring is 1. The quantitative estimate of drug-likeness (QED) is 0.784. The molecule has 2 aromatic heterocycles. The zero-order valence-electron chi connectivity index (χ0n) is 10.5. The standard InChI is InChI=1S/C13H10Cl2N4O/c1-19-6-5-9(17-19)12-11(13(16)20-18-12)10-7(14)3-2-4-8(10)15/h2-6H,16H2,1H3. The summed E-state index contributed by atoms with van der Waals surface area (Å²) in [6.45, 7) is 0. The minimum Gasteiger partial charge on any atom is -0.367 e. The number of nitrogens with zero attached hydrogens (tertiary/aromatic N) is 3. The number of hydrogen-bond acceptors (Lipinski definition) is 4. The Hall–Kier alpha value is -1.98. The van der Waals surface area contributed by atoms with Gasteiger partial charge in [0, 0.05) is 18.8 Å². The molecule has 1 aromatic carbocycles. The first-order valence-electron chi connectivity index (χ1n) is 5.77. The van der Waals surface area contributed by atoms with E-state index in [0.717, 1.165) is 0 Å². The normalized spacial score (nSPS) is 10.9. The van der Waals surface area contributed by atoms with Crippen LogP contribution in [0.5, 0.6) is 0 Å². The Bertz CT molecular complexity index is 758. The van der Waals surface area contributed by atoms with Gasteiger partial charge in [0.25, 0.3) is 0 Å². The number of aromatic nitrogens is 3. The number of hydrogen-bond donors (Lipinski definition) is 1. The van der Waals surface area contributed by atoms with E-state index in [0.29, 0.717) is 32.6 Å². The van der Waals surface area contributed by atoms with Crippen molar-refractivity contribution in [1.82, 2.24) is 14.9 Å². The molecule has 102 valence electrons. The molecule has 0 saturated heterocycles. The maximum Gasteiger partial charge on any atom is 0.230 e. The lowest BCUT2D eigenvalue weighted by atomic mass is 10.0. The van der Waals surface area contributed by atoms with Gasteiger partial charge in [-0.3, -0.25) is 4.68 Å². The highest BCUT2D eigenvalue weighted by Gasteiger charge is 2.23. The Morgan fingerprint density at radius 3 is 2.45 bits per heavy atom. The molecule has 0 aliphatic carbocycles. The van der Waals surface area contributed by atoms with E-state index >= 15 is 0 Å². The van der Waals surface area contributed by atoms with Crippen LogP contribution in [0.3, 0.4) is 0 Å². The van der Waals surface area contributed by atoms with Gasteiger partial charge in [0.2, 0.25) is 5.88 Å². The van der Waals surface area contributed by atoms with Gasteiger partial charge in [-0.15, -0.1) is 0 Å². The summed E-state index contributed by atoms with van der Waals surface area (Å²) in [7, 11) is 1.81. The molecule has 0 unspecified atom stereocenters. The zero-order valence-corrected chi connectivity index (χ0v) is 12.0. The molecule has 3 aromatic rings. The van der Waals surface area contributed by atoms with Crippen molar-refractivity contribution in [2.24, 2.45) is 7.05 Å². The fourth-order valence-electron chi connectivity index (χ4n) is 2.00. The van der Waals surface area contributed by atoms with Crippen molar-refractivity contribution >= 4 is 29.1 Å². The first-order chi connectivity index (χ1) is 9.58. The summed E-state index contributed by atoms with van der Waals surface area (Å²) in [4.78, 5) is 0. The highest BCUT2D eigenvalue weighted by atomic mass is 35.5. The van der Waals surface area contributed by atoms with Gasteiger partial charge < -0.3 is 10.3 Å². The Kier molecular flexibility index (Phi) is 3.16. The van der Waals surface area contributed by atoms with Gasteiger partial charge in [0.15, 0.2) is 0 Å². The van der Waals surface area contributed by atoms with Crippen molar-refractivity contribution in [2.75, 3.05) is 5.73 Å². The van der Waals surface area contributed by atoms with E-state index in [1.165, 1.54) is 0 Å². The van der Waals surface area contributed by atoms with Crippen molar-refractivity contribution in [2.45, 2.75) is 0 Å². The molecule has 0 radical (unpaired) electrons.